The van der Waals surface area contributed by atoms with Gasteiger partial charge in [-0.25, -0.2) is 14.6 Å². The van der Waals surface area contributed by atoms with Crippen LogP contribution in [0.25, 0.3) is 0 Å². The fourth-order valence-electron chi connectivity index (χ4n) is 1.50. The molecule has 0 fully saturated rings. The maximum absolute atomic E-state index is 10.8. The molecule has 106 valence electrons. The minimum absolute atomic E-state index is 0.200. The van der Waals surface area contributed by atoms with Gasteiger partial charge in [-0.3, -0.25) is 4.79 Å². The van der Waals surface area contributed by atoms with Crippen molar-refractivity contribution in [3.8, 4) is 0 Å². The molecule has 1 unspecified atom stereocenters. The summed E-state index contributed by atoms with van der Waals surface area (Å²) in [4.78, 5) is 30.4. The molecule has 0 bridgehead atoms. The fourth-order valence-corrected chi connectivity index (χ4v) is 1.50. The summed E-state index contributed by atoms with van der Waals surface area (Å²) in [5.41, 5.74) is 0. The van der Waals surface area contributed by atoms with E-state index in [2.05, 4.69) is 4.89 Å². The lowest BCUT2D eigenvalue weighted by molar-refractivity contribution is -0.318. The molecule has 6 nitrogen and oxygen atoms in total. The largest absolute Gasteiger partial charge is 0.481 e. The Morgan fingerprint density at radius 1 is 1.06 bits per heavy atom. The Balaban J connectivity index is 3.49. The zero-order valence-corrected chi connectivity index (χ0v) is 10.8. The van der Waals surface area contributed by atoms with E-state index in [0.29, 0.717) is 19.4 Å². The monoisotopic (exact) mass is 262 g/mol. The first-order valence-electron chi connectivity index (χ1n) is 6.30. The van der Waals surface area contributed by atoms with Crippen LogP contribution in [0.3, 0.4) is 0 Å². The third-order valence-electron chi connectivity index (χ3n) is 2.43. The molecule has 0 radical (unpaired) electrons. The van der Waals surface area contributed by atoms with E-state index < -0.39 is 18.0 Å². The van der Waals surface area contributed by atoms with Gasteiger partial charge in [-0.05, 0) is 19.8 Å². The number of hydrogen-bond donors (Lipinski definition) is 2. The highest BCUT2D eigenvalue weighted by Gasteiger charge is 2.18. The average Bonchev–Trinajstić information content (AvgIpc) is 2.30. The second-order valence-corrected chi connectivity index (χ2v) is 4.03. The van der Waals surface area contributed by atoms with Crippen molar-refractivity contribution < 1.29 is 29.6 Å². The third kappa shape index (κ3) is 10.0. The van der Waals surface area contributed by atoms with Gasteiger partial charge < -0.3 is 10.2 Å². The highest BCUT2D eigenvalue weighted by Crippen LogP contribution is 2.11. The van der Waals surface area contributed by atoms with Crippen molar-refractivity contribution >= 4 is 11.9 Å². The van der Waals surface area contributed by atoms with Crippen molar-refractivity contribution in [1.29, 1.82) is 0 Å². The molecule has 0 amide bonds. The van der Waals surface area contributed by atoms with Gasteiger partial charge in [0.15, 0.2) is 6.10 Å². The van der Waals surface area contributed by atoms with Gasteiger partial charge in [0.25, 0.3) is 0 Å². The van der Waals surface area contributed by atoms with E-state index in [9.17, 15) is 9.59 Å². The van der Waals surface area contributed by atoms with Crippen LogP contribution in [-0.4, -0.2) is 34.9 Å². The quantitative estimate of drug-likeness (QED) is 0.318. The van der Waals surface area contributed by atoms with Crippen LogP contribution in [0.4, 0.5) is 0 Å². The Bertz CT molecular complexity index is 241. The molecule has 0 saturated heterocycles. The van der Waals surface area contributed by atoms with Gasteiger partial charge in [0, 0.05) is 6.42 Å². The van der Waals surface area contributed by atoms with E-state index >= 15 is 0 Å². The van der Waals surface area contributed by atoms with Gasteiger partial charge >= 0.3 is 11.9 Å². The van der Waals surface area contributed by atoms with Crippen LogP contribution in [0.15, 0.2) is 0 Å². The fraction of sp³-hybridized carbons (Fsp3) is 0.833. The number of hydrogen-bond acceptors (Lipinski definition) is 4. The number of aliphatic carboxylic acids is 2. The third-order valence-corrected chi connectivity index (χ3v) is 2.43. The first-order valence-corrected chi connectivity index (χ1v) is 6.30. The smallest absolute Gasteiger partial charge is 0.336 e. The van der Waals surface area contributed by atoms with Crippen molar-refractivity contribution in [2.24, 2.45) is 0 Å². The van der Waals surface area contributed by atoms with Crippen molar-refractivity contribution in [3.05, 3.63) is 0 Å². The van der Waals surface area contributed by atoms with E-state index in [1.807, 2.05) is 0 Å². The first-order chi connectivity index (χ1) is 8.57. The van der Waals surface area contributed by atoms with Crippen LogP contribution in [-0.2, 0) is 19.4 Å². The molecule has 0 aliphatic carbocycles. The highest BCUT2D eigenvalue weighted by atomic mass is 17.2. The van der Waals surface area contributed by atoms with Crippen LogP contribution >= 0.6 is 0 Å². The summed E-state index contributed by atoms with van der Waals surface area (Å²) in [7, 11) is 0. The van der Waals surface area contributed by atoms with Crippen LogP contribution in [0.1, 0.15) is 51.9 Å². The van der Waals surface area contributed by atoms with Gasteiger partial charge in [0.1, 0.15) is 0 Å². The second-order valence-electron chi connectivity index (χ2n) is 4.03. The normalized spacial score (nSPS) is 12.3. The predicted octanol–water partition coefficient (Wildman–Crippen LogP) is 2.22. The summed E-state index contributed by atoms with van der Waals surface area (Å²) < 4.78 is 0. The molecule has 2 N–H and O–H groups in total. The van der Waals surface area contributed by atoms with E-state index in [1.54, 1.807) is 6.92 Å². The van der Waals surface area contributed by atoms with Crippen LogP contribution in [0, 0.1) is 0 Å². The van der Waals surface area contributed by atoms with Crippen molar-refractivity contribution in [3.63, 3.8) is 0 Å². The van der Waals surface area contributed by atoms with Gasteiger partial charge in [0.2, 0.25) is 0 Å². The summed E-state index contributed by atoms with van der Waals surface area (Å²) in [5.74, 6) is -1.79. The molecule has 0 aromatic carbocycles. The Labute approximate surface area is 107 Å². The molecule has 18 heavy (non-hydrogen) atoms. The molecule has 0 aromatic heterocycles. The van der Waals surface area contributed by atoms with E-state index in [0.717, 1.165) is 25.7 Å². The lowest BCUT2D eigenvalue weighted by atomic mass is 10.1. The maximum Gasteiger partial charge on any atom is 0.336 e. The molecule has 0 aliphatic heterocycles. The molecule has 0 aliphatic rings. The molecule has 0 rings (SSSR count). The Kier molecular flexibility index (Phi) is 10.3. The van der Waals surface area contributed by atoms with E-state index in [4.69, 9.17) is 15.1 Å². The first kappa shape index (κ1) is 16.9. The SMILES string of the molecule is CCOOC(CCCCCCCC(=O)O)C(=O)O. The number of rotatable bonds is 12. The van der Waals surface area contributed by atoms with Crippen molar-refractivity contribution in [2.45, 2.75) is 58.0 Å². The van der Waals surface area contributed by atoms with Gasteiger partial charge in [-0.15, -0.1) is 0 Å². The standard InChI is InChI=1S/C12H22O6/c1-2-17-18-10(12(15)16)8-6-4-3-5-7-9-11(13)14/h10H,2-9H2,1H3,(H,13,14)(H,15,16). The summed E-state index contributed by atoms with van der Waals surface area (Å²) in [5, 5.41) is 17.3. The summed E-state index contributed by atoms with van der Waals surface area (Å²) in [6, 6.07) is 0. The Hall–Kier alpha value is -1.14. The van der Waals surface area contributed by atoms with Gasteiger partial charge in [-0.1, -0.05) is 25.7 Å². The zero-order valence-electron chi connectivity index (χ0n) is 10.8. The molecular formula is C12H22O6. The van der Waals surface area contributed by atoms with Gasteiger partial charge in [0.05, 0.1) is 6.61 Å². The molecule has 1 atom stereocenters. The number of unbranched alkanes of at least 4 members (excludes halogenated alkanes) is 4. The molecule has 0 saturated carbocycles. The Morgan fingerprint density at radius 2 is 1.67 bits per heavy atom. The lowest BCUT2D eigenvalue weighted by Crippen LogP contribution is -2.24. The summed E-state index contributed by atoms with van der Waals surface area (Å²) in [6.45, 7) is 2.04. The highest BCUT2D eigenvalue weighted by molar-refractivity contribution is 5.72. The van der Waals surface area contributed by atoms with E-state index in [1.165, 1.54) is 0 Å². The van der Waals surface area contributed by atoms with Crippen molar-refractivity contribution in [2.75, 3.05) is 6.61 Å². The topological polar surface area (TPSA) is 93.1 Å². The number of carboxylic acid groups (broad SMARTS) is 2. The van der Waals surface area contributed by atoms with Crippen LogP contribution < -0.4 is 0 Å². The van der Waals surface area contributed by atoms with Crippen molar-refractivity contribution in [1.82, 2.24) is 0 Å². The molecule has 0 aromatic rings. The Morgan fingerprint density at radius 3 is 2.22 bits per heavy atom. The number of carboxylic acids is 2. The maximum atomic E-state index is 10.8. The van der Waals surface area contributed by atoms with Crippen LogP contribution in [0.5, 0.6) is 0 Å². The summed E-state index contributed by atoms with van der Waals surface area (Å²) in [6.07, 6.45) is 3.75. The molecule has 0 heterocycles. The molecular weight excluding hydrogens is 240 g/mol. The van der Waals surface area contributed by atoms with Crippen LogP contribution in [0.2, 0.25) is 0 Å². The average molecular weight is 262 g/mol. The number of carbonyl (C=O) groups is 2. The second kappa shape index (κ2) is 11.0. The molecule has 0 spiro atoms. The zero-order chi connectivity index (χ0) is 13.8. The minimum Gasteiger partial charge on any atom is -0.481 e. The lowest BCUT2D eigenvalue weighted by Gasteiger charge is -2.11. The van der Waals surface area contributed by atoms with E-state index in [-0.39, 0.29) is 6.42 Å². The van der Waals surface area contributed by atoms with Gasteiger partial charge in [-0.2, -0.15) is 0 Å². The minimum atomic E-state index is -1.02. The summed E-state index contributed by atoms with van der Waals surface area (Å²) >= 11 is 0. The predicted molar refractivity (Wildman–Crippen MR) is 64.1 cm³/mol. The molecule has 6 heteroatoms.